The predicted molar refractivity (Wildman–Crippen MR) is 57.9 cm³/mol. The molecule has 7 nitrogen and oxygen atoms in total. The summed E-state index contributed by atoms with van der Waals surface area (Å²) in [5, 5.41) is 10.3. The maximum absolute atomic E-state index is 11.2. The lowest BCUT2D eigenvalue weighted by Crippen LogP contribution is -2.24. The molecule has 0 radical (unpaired) electrons. The van der Waals surface area contributed by atoms with Crippen LogP contribution >= 0.6 is 0 Å². The van der Waals surface area contributed by atoms with Crippen LogP contribution in [-0.2, 0) is 19.1 Å². The third-order valence-electron chi connectivity index (χ3n) is 2.14. The van der Waals surface area contributed by atoms with E-state index in [2.05, 4.69) is 4.74 Å². The molecular weight excluding hydrogens is 230 g/mol. The van der Waals surface area contributed by atoms with E-state index in [9.17, 15) is 19.7 Å². The normalized spacial score (nSPS) is 11.6. The Labute approximate surface area is 99.2 Å². The molecule has 0 aromatic heterocycles. The highest BCUT2D eigenvalue weighted by Crippen LogP contribution is 2.11. The lowest BCUT2D eigenvalue weighted by molar-refractivity contribution is -0.486. The number of esters is 2. The van der Waals surface area contributed by atoms with Crippen LogP contribution in [0.15, 0.2) is 0 Å². The van der Waals surface area contributed by atoms with Gasteiger partial charge in [0.2, 0.25) is 6.54 Å². The molecule has 0 aliphatic heterocycles. The number of hydrogen-bond acceptors (Lipinski definition) is 6. The van der Waals surface area contributed by atoms with Gasteiger partial charge in [-0.25, -0.2) is 0 Å². The van der Waals surface area contributed by atoms with Gasteiger partial charge in [0.15, 0.2) is 0 Å². The standard InChI is InChI=1S/C10H17NO6/c1-3-17-9(12)6-4-5-8(7-11(14)15)10(13)16-2/h8H,3-7H2,1-2H3. The first-order valence-electron chi connectivity index (χ1n) is 5.36. The number of rotatable bonds is 8. The van der Waals surface area contributed by atoms with E-state index >= 15 is 0 Å². The maximum Gasteiger partial charge on any atom is 0.315 e. The zero-order chi connectivity index (χ0) is 13.3. The van der Waals surface area contributed by atoms with Gasteiger partial charge in [-0.1, -0.05) is 0 Å². The average molecular weight is 247 g/mol. The Morgan fingerprint density at radius 1 is 1.41 bits per heavy atom. The lowest BCUT2D eigenvalue weighted by Gasteiger charge is -2.09. The topological polar surface area (TPSA) is 95.7 Å². The van der Waals surface area contributed by atoms with Crippen molar-refractivity contribution in [1.29, 1.82) is 0 Å². The average Bonchev–Trinajstić information content (AvgIpc) is 2.26. The van der Waals surface area contributed by atoms with Crippen LogP contribution in [0.1, 0.15) is 26.2 Å². The van der Waals surface area contributed by atoms with Crippen molar-refractivity contribution in [3.05, 3.63) is 10.1 Å². The van der Waals surface area contributed by atoms with Gasteiger partial charge < -0.3 is 9.47 Å². The minimum Gasteiger partial charge on any atom is -0.469 e. The minimum atomic E-state index is -0.801. The Morgan fingerprint density at radius 3 is 2.53 bits per heavy atom. The Bertz CT molecular complexity index is 278. The van der Waals surface area contributed by atoms with Crippen LogP contribution in [0.2, 0.25) is 0 Å². The summed E-state index contributed by atoms with van der Waals surface area (Å²) in [6, 6.07) is 0. The third-order valence-corrected chi connectivity index (χ3v) is 2.14. The smallest absolute Gasteiger partial charge is 0.315 e. The van der Waals surface area contributed by atoms with Gasteiger partial charge in [-0.3, -0.25) is 19.7 Å². The Morgan fingerprint density at radius 2 is 2.06 bits per heavy atom. The summed E-state index contributed by atoms with van der Waals surface area (Å²) in [6.45, 7) is 1.52. The van der Waals surface area contributed by atoms with Crippen LogP contribution in [0.4, 0.5) is 0 Å². The zero-order valence-corrected chi connectivity index (χ0v) is 10.0. The van der Waals surface area contributed by atoms with E-state index < -0.39 is 23.4 Å². The summed E-state index contributed by atoms with van der Waals surface area (Å²) >= 11 is 0. The molecule has 0 fully saturated rings. The quantitative estimate of drug-likeness (QED) is 0.357. The van der Waals surface area contributed by atoms with Crippen molar-refractivity contribution < 1.29 is 24.0 Å². The summed E-state index contributed by atoms with van der Waals surface area (Å²) in [5.74, 6) is -1.78. The van der Waals surface area contributed by atoms with Gasteiger partial charge in [0.1, 0.15) is 5.92 Å². The molecule has 0 rings (SSSR count). The molecule has 1 unspecified atom stereocenters. The molecule has 0 saturated carbocycles. The van der Waals surface area contributed by atoms with E-state index in [0.29, 0.717) is 13.0 Å². The summed E-state index contributed by atoms with van der Waals surface area (Å²) in [7, 11) is 1.18. The number of hydrogen-bond donors (Lipinski definition) is 0. The van der Waals surface area contributed by atoms with Crippen LogP contribution in [0.25, 0.3) is 0 Å². The number of carbonyl (C=O) groups is 2. The fraction of sp³-hybridized carbons (Fsp3) is 0.800. The summed E-state index contributed by atoms with van der Waals surface area (Å²) in [5.41, 5.74) is 0. The number of methoxy groups -OCH3 is 1. The molecule has 0 aliphatic rings. The van der Waals surface area contributed by atoms with E-state index in [1.807, 2.05) is 0 Å². The van der Waals surface area contributed by atoms with Gasteiger partial charge in [-0.15, -0.1) is 0 Å². The largest absolute Gasteiger partial charge is 0.469 e. The van der Waals surface area contributed by atoms with Gasteiger partial charge in [0.25, 0.3) is 0 Å². The molecule has 7 heteroatoms. The Balaban J connectivity index is 4.03. The molecule has 0 spiro atoms. The monoisotopic (exact) mass is 247 g/mol. The van der Waals surface area contributed by atoms with Gasteiger partial charge in [0.05, 0.1) is 13.7 Å². The second-order valence-corrected chi connectivity index (χ2v) is 3.43. The number of nitro groups is 1. The van der Waals surface area contributed by atoms with Gasteiger partial charge in [0, 0.05) is 11.3 Å². The Kier molecular flexibility index (Phi) is 7.66. The first-order chi connectivity index (χ1) is 8.01. The summed E-state index contributed by atoms with van der Waals surface area (Å²) in [4.78, 5) is 32.0. The second-order valence-electron chi connectivity index (χ2n) is 3.43. The van der Waals surface area contributed by atoms with Gasteiger partial charge >= 0.3 is 11.9 Å². The van der Waals surface area contributed by atoms with Crippen LogP contribution in [0.3, 0.4) is 0 Å². The highest BCUT2D eigenvalue weighted by atomic mass is 16.6. The molecule has 0 amide bonds. The highest BCUT2D eigenvalue weighted by molar-refractivity contribution is 5.72. The van der Waals surface area contributed by atoms with Crippen molar-refractivity contribution in [1.82, 2.24) is 0 Å². The molecule has 0 aromatic carbocycles. The Hall–Kier alpha value is -1.66. The number of nitrogens with zero attached hydrogens (tertiary/aromatic N) is 1. The van der Waals surface area contributed by atoms with Crippen molar-refractivity contribution in [2.75, 3.05) is 20.3 Å². The van der Waals surface area contributed by atoms with Crippen LogP contribution in [0.5, 0.6) is 0 Å². The zero-order valence-electron chi connectivity index (χ0n) is 10.0. The molecule has 0 saturated heterocycles. The maximum atomic E-state index is 11.2. The molecule has 0 aromatic rings. The molecule has 0 bridgehead atoms. The molecule has 0 aliphatic carbocycles. The SMILES string of the molecule is CCOC(=O)CCCC(C[N+](=O)[O-])C(=O)OC. The molecule has 17 heavy (non-hydrogen) atoms. The fourth-order valence-electron chi connectivity index (χ4n) is 1.36. The first-order valence-corrected chi connectivity index (χ1v) is 5.36. The van der Waals surface area contributed by atoms with Crippen molar-refractivity contribution >= 4 is 11.9 Å². The number of ether oxygens (including phenoxy) is 2. The van der Waals surface area contributed by atoms with E-state index in [-0.39, 0.29) is 18.8 Å². The van der Waals surface area contributed by atoms with Crippen LogP contribution < -0.4 is 0 Å². The predicted octanol–water partition coefficient (Wildman–Crippen LogP) is 0.786. The van der Waals surface area contributed by atoms with Crippen molar-refractivity contribution in [2.24, 2.45) is 5.92 Å². The van der Waals surface area contributed by atoms with E-state index in [4.69, 9.17) is 4.74 Å². The third kappa shape index (κ3) is 7.26. The summed E-state index contributed by atoms with van der Waals surface area (Å²) in [6.07, 6.45) is 0.762. The molecule has 1 atom stereocenters. The summed E-state index contributed by atoms with van der Waals surface area (Å²) < 4.78 is 9.16. The van der Waals surface area contributed by atoms with Crippen molar-refractivity contribution in [3.63, 3.8) is 0 Å². The van der Waals surface area contributed by atoms with Crippen LogP contribution in [-0.4, -0.2) is 37.1 Å². The van der Waals surface area contributed by atoms with Crippen molar-refractivity contribution in [2.45, 2.75) is 26.2 Å². The van der Waals surface area contributed by atoms with E-state index in [1.165, 1.54) is 7.11 Å². The molecule has 0 heterocycles. The van der Waals surface area contributed by atoms with Crippen LogP contribution in [0, 0.1) is 16.0 Å². The highest BCUT2D eigenvalue weighted by Gasteiger charge is 2.24. The first kappa shape index (κ1) is 15.3. The lowest BCUT2D eigenvalue weighted by atomic mass is 10.0. The van der Waals surface area contributed by atoms with E-state index in [1.54, 1.807) is 6.92 Å². The second kappa shape index (κ2) is 8.49. The van der Waals surface area contributed by atoms with Gasteiger partial charge in [-0.05, 0) is 19.8 Å². The molecule has 98 valence electrons. The van der Waals surface area contributed by atoms with E-state index in [0.717, 1.165) is 0 Å². The number of carbonyl (C=O) groups excluding carboxylic acids is 2. The fourth-order valence-corrected chi connectivity index (χ4v) is 1.36. The molecule has 0 N–H and O–H groups in total. The molecular formula is C10H17NO6. The van der Waals surface area contributed by atoms with Crippen molar-refractivity contribution in [3.8, 4) is 0 Å². The van der Waals surface area contributed by atoms with Gasteiger partial charge in [-0.2, -0.15) is 0 Å². The minimum absolute atomic E-state index is 0.152.